The number of amides is 1. The van der Waals surface area contributed by atoms with Crippen LogP contribution in [0.25, 0.3) is 0 Å². The van der Waals surface area contributed by atoms with Crippen LogP contribution in [0.1, 0.15) is 71.6 Å². The number of methoxy groups -OCH3 is 1. The number of nitrogens with zero attached hydrogens (tertiary/aromatic N) is 1. The lowest BCUT2D eigenvalue weighted by Crippen LogP contribution is -2.36. The van der Waals surface area contributed by atoms with Gasteiger partial charge in [0.25, 0.3) is 5.91 Å². The van der Waals surface area contributed by atoms with Gasteiger partial charge < -0.3 is 14.7 Å². The van der Waals surface area contributed by atoms with E-state index in [1.165, 1.54) is 24.2 Å². The van der Waals surface area contributed by atoms with Crippen LogP contribution in [0.2, 0.25) is 0 Å². The molecule has 1 amide bonds. The number of ether oxygens (including phenoxy) is 1. The van der Waals surface area contributed by atoms with Crippen molar-refractivity contribution in [2.75, 3.05) is 13.7 Å². The van der Waals surface area contributed by atoms with E-state index in [4.69, 9.17) is 0 Å². The topological polar surface area (TPSA) is 66.8 Å². The zero-order valence-electron chi connectivity index (χ0n) is 18.3. The van der Waals surface area contributed by atoms with Gasteiger partial charge in [0.15, 0.2) is 0 Å². The van der Waals surface area contributed by atoms with Crippen molar-refractivity contribution in [1.82, 2.24) is 4.90 Å². The second kappa shape index (κ2) is 13.4. The van der Waals surface area contributed by atoms with Crippen LogP contribution in [-0.4, -0.2) is 53.6 Å². The van der Waals surface area contributed by atoms with E-state index in [-0.39, 0.29) is 18.4 Å². The summed E-state index contributed by atoms with van der Waals surface area (Å²) in [6.07, 6.45) is 7.08. The number of aliphatic hydroxyl groups is 1. The first-order valence-corrected chi connectivity index (χ1v) is 10.8. The molecule has 5 nitrogen and oxygen atoms in total. The fourth-order valence-corrected chi connectivity index (χ4v) is 3.27. The Hall–Kier alpha value is -1.94. The molecule has 1 rings (SSSR count). The predicted octanol–water partition coefficient (Wildman–Crippen LogP) is 4.09. The molecule has 0 aromatic rings. The molecule has 1 aliphatic heterocycles. The molecule has 1 saturated heterocycles. The summed E-state index contributed by atoms with van der Waals surface area (Å²) in [5.41, 5.74) is 0. The molecule has 1 fully saturated rings. The number of carbonyl (C=O) groups excluding carboxylic acids is 2. The molecule has 0 radical (unpaired) electrons. The van der Waals surface area contributed by atoms with Crippen molar-refractivity contribution in [3.8, 4) is 11.8 Å². The lowest BCUT2D eigenvalue weighted by molar-refractivity contribution is -0.148. The maximum Gasteiger partial charge on any atom is 0.327 e. The van der Waals surface area contributed by atoms with E-state index in [0.29, 0.717) is 25.7 Å². The molecule has 30 heavy (non-hydrogen) atoms. The Morgan fingerprint density at radius 2 is 2.03 bits per heavy atom. The minimum atomic E-state index is -3.37. The van der Waals surface area contributed by atoms with Crippen LogP contribution in [0, 0.1) is 17.8 Å². The van der Waals surface area contributed by atoms with E-state index in [1.807, 2.05) is 13.8 Å². The highest BCUT2D eigenvalue weighted by Crippen LogP contribution is 2.34. The van der Waals surface area contributed by atoms with Gasteiger partial charge in [-0.25, -0.2) is 0 Å². The van der Waals surface area contributed by atoms with E-state index >= 15 is 0 Å². The number of aliphatic hydroxyl groups excluding tert-OH is 1. The normalized spacial score (nSPS) is 20.1. The Labute approximate surface area is 178 Å². The van der Waals surface area contributed by atoms with Crippen LogP contribution < -0.4 is 0 Å². The average Bonchev–Trinajstić information content (AvgIpc) is 2.94. The molecule has 3 atom stereocenters. The zero-order valence-corrected chi connectivity index (χ0v) is 18.3. The number of halogens is 2. The third-order valence-corrected chi connectivity index (χ3v) is 5.23. The molecule has 1 aliphatic rings. The molecule has 170 valence electrons. The summed E-state index contributed by atoms with van der Waals surface area (Å²) >= 11 is 0. The van der Waals surface area contributed by atoms with Crippen LogP contribution in [-0.2, 0) is 14.3 Å². The predicted molar refractivity (Wildman–Crippen MR) is 112 cm³/mol. The molecular weight excluding hydrogens is 392 g/mol. The summed E-state index contributed by atoms with van der Waals surface area (Å²) in [4.78, 5) is 24.4. The van der Waals surface area contributed by atoms with Crippen LogP contribution in [0.5, 0.6) is 0 Å². The van der Waals surface area contributed by atoms with Crippen molar-refractivity contribution in [1.29, 1.82) is 0 Å². The van der Waals surface area contributed by atoms with Crippen molar-refractivity contribution >= 4 is 11.9 Å². The first-order valence-electron chi connectivity index (χ1n) is 10.8. The Morgan fingerprint density at radius 1 is 1.33 bits per heavy atom. The molecule has 0 aromatic carbocycles. The molecule has 0 aliphatic carbocycles. The molecule has 0 saturated carbocycles. The van der Waals surface area contributed by atoms with Crippen LogP contribution in [0.15, 0.2) is 12.2 Å². The smallest absolute Gasteiger partial charge is 0.327 e. The minimum Gasteiger partial charge on any atom is -0.469 e. The standard InChI is InChI=1S/C23H35F2NO4/c1-4-5-6-9-12-18(2)20(27)15-14-19-17-23(24,25)22(29)26(19)16-11-8-7-10-13-21(28)30-3/h14-15,18-20,27H,4-5,7-8,10-13,16-17H2,1-3H3/b15-14+. The maximum atomic E-state index is 14.0. The van der Waals surface area contributed by atoms with Crippen molar-refractivity contribution in [2.45, 2.75) is 89.7 Å². The molecular formula is C23H35F2NO4. The largest absolute Gasteiger partial charge is 0.469 e. The monoisotopic (exact) mass is 427 g/mol. The van der Waals surface area contributed by atoms with E-state index in [0.717, 1.165) is 25.7 Å². The number of likely N-dealkylation sites (tertiary alicyclic amines) is 1. The van der Waals surface area contributed by atoms with Gasteiger partial charge in [-0.15, -0.1) is 11.8 Å². The number of alkyl halides is 2. The van der Waals surface area contributed by atoms with Crippen LogP contribution in [0.3, 0.4) is 0 Å². The Balaban J connectivity index is 2.55. The minimum absolute atomic E-state index is 0.119. The maximum absolute atomic E-state index is 14.0. The molecule has 0 spiro atoms. The van der Waals surface area contributed by atoms with Gasteiger partial charge in [-0.3, -0.25) is 9.59 Å². The van der Waals surface area contributed by atoms with E-state index in [2.05, 4.69) is 16.6 Å². The SMILES string of the molecule is CCCC#CCC(C)C(O)/C=C/C1CC(F)(F)C(=O)N1CCCCCCC(=O)OC. The van der Waals surface area contributed by atoms with E-state index < -0.39 is 30.4 Å². The molecule has 3 unspecified atom stereocenters. The fraction of sp³-hybridized carbons (Fsp3) is 0.739. The van der Waals surface area contributed by atoms with Gasteiger partial charge in [-0.1, -0.05) is 38.8 Å². The first-order chi connectivity index (χ1) is 14.2. The van der Waals surface area contributed by atoms with Crippen LogP contribution in [0.4, 0.5) is 8.78 Å². The van der Waals surface area contributed by atoms with Crippen LogP contribution >= 0.6 is 0 Å². The number of esters is 1. The van der Waals surface area contributed by atoms with Gasteiger partial charge in [-0.2, -0.15) is 8.78 Å². The third kappa shape index (κ3) is 8.83. The summed E-state index contributed by atoms with van der Waals surface area (Å²) in [7, 11) is 1.34. The van der Waals surface area contributed by atoms with E-state index in [9.17, 15) is 23.5 Å². The third-order valence-electron chi connectivity index (χ3n) is 5.23. The molecule has 1 heterocycles. The van der Waals surface area contributed by atoms with Gasteiger partial charge in [0.05, 0.1) is 19.3 Å². The quantitative estimate of drug-likeness (QED) is 0.220. The van der Waals surface area contributed by atoms with Crippen molar-refractivity contribution in [2.24, 2.45) is 5.92 Å². The van der Waals surface area contributed by atoms with Gasteiger partial charge in [0.1, 0.15) is 0 Å². The van der Waals surface area contributed by atoms with Crippen molar-refractivity contribution < 1.29 is 28.2 Å². The lowest BCUT2D eigenvalue weighted by Gasteiger charge is -2.22. The summed E-state index contributed by atoms with van der Waals surface area (Å²) in [6, 6.07) is -0.726. The summed E-state index contributed by atoms with van der Waals surface area (Å²) < 4.78 is 32.5. The number of carbonyl (C=O) groups is 2. The number of unbranched alkanes of at least 4 members (excludes halogenated alkanes) is 4. The zero-order chi connectivity index (χ0) is 22.6. The second-order valence-corrected chi connectivity index (χ2v) is 7.88. The summed E-state index contributed by atoms with van der Waals surface area (Å²) in [6.45, 7) is 4.13. The van der Waals surface area contributed by atoms with E-state index in [1.54, 1.807) is 0 Å². The summed E-state index contributed by atoms with van der Waals surface area (Å²) in [5, 5.41) is 10.3. The molecule has 0 bridgehead atoms. The highest BCUT2D eigenvalue weighted by Gasteiger charge is 2.52. The van der Waals surface area contributed by atoms with Gasteiger partial charge in [0, 0.05) is 32.2 Å². The summed E-state index contributed by atoms with van der Waals surface area (Å²) in [5.74, 6) is 1.14. The average molecular weight is 428 g/mol. The van der Waals surface area contributed by atoms with Gasteiger partial charge >= 0.3 is 11.9 Å². The number of hydrogen-bond acceptors (Lipinski definition) is 4. The number of rotatable bonds is 12. The highest BCUT2D eigenvalue weighted by atomic mass is 19.3. The second-order valence-electron chi connectivity index (χ2n) is 7.88. The Kier molecular flexibility index (Phi) is 11.6. The Morgan fingerprint density at radius 3 is 2.70 bits per heavy atom. The fourth-order valence-electron chi connectivity index (χ4n) is 3.27. The van der Waals surface area contributed by atoms with Crippen molar-refractivity contribution in [3.63, 3.8) is 0 Å². The van der Waals surface area contributed by atoms with Gasteiger partial charge in [-0.05, 0) is 25.2 Å². The Bertz CT molecular complexity index is 639. The highest BCUT2D eigenvalue weighted by molar-refractivity contribution is 5.86. The molecule has 0 aromatic heterocycles. The molecule has 1 N–H and O–H groups in total. The van der Waals surface area contributed by atoms with Crippen molar-refractivity contribution in [3.05, 3.63) is 12.2 Å². The lowest BCUT2D eigenvalue weighted by atomic mass is 9.99. The van der Waals surface area contributed by atoms with Gasteiger partial charge in [0.2, 0.25) is 0 Å². The first kappa shape index (κ1) is 26.1. The molecule has 7 heteroatoms. The number of hydrogen-bond donors (Lipinski definition) is 1.